The summed E-state index contributed by atoms with van der Waals surface area (Å²) < 4.78 is 11.2. The Morgan fingerprint density at radius 2 is 2.03 bits per heavy atom. The maximum absolute atomic E-state index is 12.5. The van der Waals surface area contributed by atoms with Crippen LogP contribution in [0.4, 0.5) is 0 Å². The van der Waals surface area contributed by atoms with E-state index in [0.29, 0.717) is 42.4 Å². The molecule has 0 bridgehead atoms. The van der Waals surface area contributed by atoms with E-state index in [-0.39, 0.29) is 30.0 Å². The molecule has 1 aliphatic carbocycles. The Morgan fingerprint density at radius 3 is 2.74 bits per heavy atom. The first-order chi connectivity index (χ1) is 15.0. The summed E-state index contributed by atoms with van der Waals surface area (Å²) in [6.07, 6.45) is 4.63. The topological polar surface area (TPSA) is 102 Å². The van der Waals surface area contributed by atoms with Crippen LogP contribution in [0.3, 0.4) is 0 Å². The molecule has 0 atom stereocenters. The monoisotopic (exact) mass is 441 g/mol. The summed E-state index contributed by atoms with van der Waals surface area (Å²) in [4.78, 5) is 36.5. The minimum absolute atomic E-state index is 0.144. The molecule has 7 nitrogen and oxygen atoms in total. The zero-order chi connectivity index (χ0) is 21.8. The van der Waals surface area contributed by atoms with E-state index in [9.17, 15) is 14.4 Å². The number of fused-ring (bicyclic) bond motifs is 1. The maximum atomic E-state index is 12.5. The highest BCUT2D eigenvalue weighted by molar-refractivity contribution is 7.10. The lowest BCUT2D eigenvalue weighted by Crippen LogP contribution is -2.35. The highest BCUT2D eigenvalue weighted by Gasteiger charge is 2.28. The van der Waals surface area contributed by atoms with E-state index in [1.165, 1.54) is 11.3 Å². The Kier molecular flexibility index (Phi) is 6.36. The van der Waals surface area contributed by atoms with Crippen LogP contribution in [0.25, 0.3) is 6.08 Å². The van der Waals surface area contributed by atoms with Gasteiger partial charge in [-0.25, -0.2) is 0 Å². The summed E-state index contributed by atoms with van der Waals surface area (Å²) in [5, 5.41) is 13.8. The molecule has 1 aliphatic heterocycles. The van der Waals surface area contributed by atoms with Gasteiger partial charge in [-0.05, 0) is 55.2 Å². The number of thiophene rings is 1. The molecule has 2 aromatic rings. The van der Waals surface area contributed by atoms with Gasteiger partial charge < -0.3 is 19.9 Å². The number of benzene rings is 1. The van der Waals surface area contributed by atoms with Gasteiger partial charge in [0.15, 0.2) is 12.4 Å². The number of nitrogens with one attached hydrogen (secondary N) is 1. The molecular formula is C23H23NO6S. The van der Waals surface area contributed by atoms with Crippen LogP contribution in [0.2, 0.25) is 0 Å². The third-order valence-corrected chi connectivity index (χ3v) is 6.43. The molecule has 1 saturated carbocycles. The van der Waals surface area contributed by atoms with Crippen molar-refractivity contribution >= 4 is 35.1 Å². The molecule has 0 unspecified atom stereocenters. The molecule has 0 saturated heterocycles. The lowest BCUT2D eigenvalue weighted by Gasteiger charge is -2.26. The van der Waals surface area contributed by atoms with Crippen molar-refractivity contribution in [1.82, 2.24) is 5.32 Å². The fraction of sp³-hybridized carbons (Fsp3) is 0.348. The standard InChI is InChI=1S/C23H23NO6S/c25-21(24-12-14-3-5-15(6-4-14)23(27)28)13-29-16-7-8-18-19(10-16)30-20(22(18)26)11-17-2-1-9-31-17/h1-2,7-11,14-15H,3-6,12-13H2,(H,24,25)(H,27,28). The fourth-order valence-corrected chi connectivity index (χ4v) is 4.48. The van der Waals surface area contributed by atoms with Gasteiger partial charge in [-0.1, -0.05) is 6.07 Å². The second-order valence-electron chi connectivity index (χ2n) is 7.76. The summed E-state index contributed by atoms with van der Waals surface area (Å²) in [5.41, 5.74) is 0.469. The van der Waals surface area contributed by atoms with Crippen molar-refractivity contribution in [1.29, 1.82) is 0 Å². The predicted molar refractivity (Wildman–Crippen MR) is 115 cm³/mol. The molecule has 1 aromatic carbocycles. The lowest BCUT2D eigenvalue weighted by atomic mass is 9.82. The van der Waals surface area contributed by atoms with Crippen LogP contribution >= 0.6 is 11.3 Å². The zero-order valence-corrected chi connectivity index (χ0v) is 17.7. The number of aliphatic carboxylic acids is 1. The first-order valence-electron chi connectivity index (χ1n) is 10.2. The minimum Gasteiger partial charge on any atom is -0.484 e. The average Bonchev–Trinajstić information content (AvgIpc) is 3.39. The number of ketones is 1. The van der Waals surface area contributed by atoms with Gasteiger partial charge in [-0.2, -0.15) is 0 Å². The molecule has 0 spiro atoms. The fourth-order valence-electron chi connectivity index (χ4n) is 3.83. The third-order valence-electron chi connectivity index (χ3n) is 5.61. The van der Waals surface area contributed by atoms with E-state index in [4.69, 9.17) is 14.6 Å². The largest absolute Gasteiger partial charge is 0.484 e. The van der Waals surface area contributed by atoms with Gasteiger partial charge in [0.2, 0.25) is 5.78 Å². The molecular weight excluding hydrogens is 418 g/mol. The van der Waals surface area contributed by atoms with Gasteiger partial charge in [0.25, 0.3) is 5.91 Å². The normalized spacial score (nSPS) is 21.4. The van der Waals surface area contributed by atoms with Crippen LogP contribution in [0.5, 0.6) is 11.5 Å². The minimum atomic E-state index is -0.731. The van der Waals surface area contributed by atoms with Crippen molar-refractivity contribution in [3.05, 3.63) is 51.9 Å². The summed E-state index contributed by atoms with van der Waals surface area (Å²) >= 11 is 1.52. The predicted octanol–water partition coefficient (Wildman–Crippen LogP) is 3.75. The number of carbonyl (C=O) groups excluding carboxylic acids is 2. The highest BCUT2D eigenvalue weighted by Crippen LogP contribution is 2.35. The summed E-state index contributed by atoms with van der Waals surface area (Å²) in [7, 11) is 0. The van der Waals surface area contributed by atoms with Crippen LogP contribution in [0.15, 0.2) is 41.5 Å². The second kappa shape index (κ2) is 9.34. The Bertz CT molecular complexity index is 1010. The van der Waals surface area contributed by atoms with Crippen molar-refractivity contribution in [2.45, 2.75) is 25.7 Å². The molecule has 2 aliphatic rings. The number of hydrogen-bond acceptors (Lipinski definition) is 6. The Morgan fingerprint density at radius 1 is 1.23 bits per heavy atom. The van der Waals surface area contributed by atoms with Crippen LogP contribution in [-0.4, -0.2) is 35.9 Å². The smallest absolute Gasteiger partial charge is 0.306 e. The molecule has 8 heteroatoms. The number of carboxylic acids is 1. The van der Waals surface area contributed by atoms with Gasteiger partial charge in [-0.3, -0.25) is 14.4 Å². The number of amides is 1. The highest BCUT2D eigenvalue weighted by atomic mass is 32.1. The van der Waals surface area contributed by atoms with Crippen molar-refractivity contribution in [3.8, 4) is 11.5 Å². The number of carbonyl (C=O) groups is 3. The van der Waals surface area contributed by atoms with Crippen molar-refractivity contribution in [2.75, 3.05) is 13.2 Å². The van der Waals surface area contributed by atoms with E-state index in [1.54, 1.807) is 24.3 Å². The number of ether oxygens (including phenoxy) is 2. The Hall–Kier alpha value is -3.13. The Labute approximate surface area is 183 Å². The van der Waals surface area contributed by atoms with Crippen LogP contribution < -0.4 is 14.8 Å². The second-order valence-corrected chi connectivity index (χ2v) is 8.74. The van der Waals surface area contributed by atoms with Crippen LogP contribution in [0, 0.1) is 11.8 Å². The van der Waals surface area contributed by atoms with E-state index in [0.717, 1.165) is 17.7 Å². The first-order valence-corrected chi connectivity index (χ1v) is 11.1. The van der Waals surface area contributed by atoms with Crippen molar-refractivity contribution < 1.29 is 29.0 Å². The van der Waals surface area contributed by atoms with E-state index in [2.05, 4.69) is 5.32 Å². The van der Waals surface area contributed by atoms with E-state index >= 15 is 0 Å². The molecule has 0 radical (unpaired) electrons. The van der Waals surface area contributed by atoms with Gasteiger partial charge in [0, 0.05) is 23.6 Å². The van der Waals surface area contributed by atoms with Gasteiger partial charge in [0.05, 0.1) is 11.5 Å². The molecule has 31 heavy (non-hydrogen) atoms. The molecule has 4 rings (SSSR count). The third kappa shape index (κ3) is 5.14. The number of hydrogen-bond donors (Lipinski definition) is 2. The van der Waals surface area contributed by atoms with Crippen LogP contribution in [0.1, 0.15) is 40.9 Å². The Balaban J connectivity index is 1.25. The van der Waals surface area contributed by atoms with Crippen molar-refractivity contribution in [2.24, 2.45) is 11.8 Å². The molecule has 2 N–H and O–H groups in total. The van der Waals surface area contributed by atoms with Gasteiger partial charge in [0.1, 0.15) is 11.5 Å². The van der Waals surface area contributed by atoms with Gasteiger partial charge >= 0.3 is 5.97 Å². The number of carboxylic acid groups (broad SMARTS) is 1. The number of Topliss-reactive ketones (excluding diaryl/α,β-unsaturated/α-hetero) is 1. The summed E-state index contributed by atoms with van der Waals surface area (Å²) in [5.74, 6) is 0.0239. The van der Waals surface area contributed by atoms with Crippen LogP contribution in [-0.2, 0) is 9.59 Å². The average molecular weight is 442 g/mol. The van der Waals surface area contributed by atoms with Gasteiger partial charge in [-0.15, -0.1) is 11.3 Å². The van der Waals surface area contributed by atoms with Crippen molar-refractivity contribution in [3.63, 3.8) is 0 Å². The molecule has 1 aromatic heterocycles. The molecule has 162 valence electrons. The number of rotatable bonds is 7. The first kappa shape index (κ1) is 21.1. The molecule has 1 fully saturated rings. The molecule has 2 heterocycles. The van der Waals surface area contributed by atoms with E-state index in [1.807, 2.05) is 17.5 Å². The van der Waals surface area contributed by atoms with E-state index < -0.39 is 5.97 Å². The zero-order valence-electron chi connectivity index (χ0n) is 16.8. The summed E-state index contributed by atoms with van der Waals surface area (Å²) in [6.45, 7) is 0.377. The number of allylic oxidation sites excluding steroid dienone is 1. The lowest BCUT2D eigenvalue weighted by molar-refractivity contribution is -0.143. The molecule has 1 amide bonds. The quantitative estimate of drug-likeness (QED) is 0.635. The summed E-state index contributed by atoms with van der Waals surface area (Å²) in [6, 6.07) is 8.71. The SMILES string of the molecule is O=C(COc1ccc2c(c1)OC(=Cc1cccs1)C2=O)NCC1CCC(C(=O)O)CC1. The maximum Gasteiger partial charge on any atom is 0.306 e.